The Kier molecular flexibility index (Phi) is 6.79. The van der Waals surface area contributed by atoms with Gasteiger partial charge in [0, 0.05) is 36.2 Å². The van der Waals surface area contributed by atoms with Crippen LogP contribution in [-0.2, 0) is 4.79 Å². The molecule has 30 heavy (non-hydrogen) atoms. The van der Waals surface area contributed by atoms with Gasteiger partial charge in [-0.15, -0.1) is 10.2 Å². The number of hydrogen-bond donors (Lipinski definition) is 0. The second-order valence-electron chi connectivity index (χ2n) is 7.48. The van der Waals surface area contributed by atoms with Gasteiger partial charge in [-0.25, -0.2) is 0 Å². The number of carbonyl (C=O) groups is 1. The van der Waals surface area contributed by atoms with E-state index in [4.69, 9.17) is 0 Å². The summed E-state index contributed by atoms with van der Waals surface area (Å²) in [6, 6.07) is 14.3. The van der Waals surface area contributed by atoms with Gasteiger partial charge in [0.25, 0.3) is 0 Å². The Morgan fingerprint density at radius 2 is 1.90 bits per heavy atom. The molecular weight excluding hydrogens is 394 g/mol. The zero-order valence-electron chi connectivity index (χ0n) is 17.3. The number of nitrogens with zero attached hydrogens (tertiary/aromatic N) is 5. The van der Waals surface area contributed by atoms with Gasteiger partial charge in [0.05, 0.1) is 5.75 Å². The van der Waals surface area contributed by atoms with Gasteiger partial charge in [0.2, 0.25) is 5.91 Å². The van der Waals surface area contributed by atoms with E-state index in [1.807, 2.05) is 47.0 Å². The summed E-state index contributed by atoms with van der Waals surface area (Å²) in [6.07, 6.45) is 9.49. The third-order valence-electron chi connectivity index (χ3n) is 5.57. The molecule has 1 saturated carbocycles. The van der Waals surface area contributed by atoms with E-state index in [0.29, 0.717) is 17.0 Å². The Morgan fingerprint density at radius 3 is 2.60 bits per heavy atom. The first kappa shape index (κ1) is 20.6. The highest BCUT2D eigenvalue weighted by Gasteiger charge is 2.25. The number of thioether (sulfide) groups is 1. The van der Waals surface area contributed by atoms with E-state index in [1.54, 1.807) is 12.4 Å². The van der Waals surface area contributed by atoms with Crippen molar-refractivity contribution < 1.29 is 4.79 Å². The lowest BCUT2D eigenvalue weighted by molar-refractivity contribution is -0.131. The number of hydrogen-bond acceptors (Lipinski definition) is 5. The van der Waals surface area contributed by atoms with Gasteiger partial charge in [-0.05, 0) is 44.0 Å². The minimum absolute atomic E-state index is 0.180. The van der Waals surface area contributed by atoms with Gasteiger partial charge in [0.15, 0.2) is 11.0 Å². The first-order valence-corrected chi connectivity index (χ1v) is 11.6. The lowest BCUT2D eigenvalue weighted by atomic mass is 9.94. The van der Waals surface area contributed by atoms with Gasteiger partial charge < -0.3 is 4.90 Å². The zero-order valence-corrected chi connectivity index (χ0v) is 18.1. The maximum atomic E-state index is 13.0. The minimum Gasteiger partial charge on any atom is -0.339 e. The van der Waals surface area contributed by atoms with Gasteiger partial charge >= 0.3 is 0 Å². The normalized spacial score (nSPS) is 14.6. The first-order valence-electron chi connectivity index (χ1n) is 10.6. The average molecular weight is 422 g/mol. The number of aromatic nitrogens is 4. The summed E-state index contributed by atoms with van der Waals surface area (Å²) >= 11 is 1.45. The summed E-state index contributed by atoms with van der Waals surface area (Å²) in [4.78, 5) is 19.3. The van der Waals surface area contributed by atoms with E-state index in [1.165, 1.54) is 31.0 Å². The van der Waals surface area contributed by atoms with Crippen LogP contribution in [-0.4, -0.2) is 48.9 Å². The topological polar surface area (TPSA) is 63.9 Å². The third-order valence-corrected chi connectivity index (χ3v) is 6.48. The second-order valence-corrected chi connectivity index (χ2v) is 8.42. The molecule has 3 aromatic rings. The van der Waals surface area contributed by atoms with Crippen LogP contribution < -0.4 is 0 Å². The number of carbonyl (C=O) groups excluding carboxylic acids is 1. The van der Waals surface area contributed by atoms with E-state index < -0.39 is 0 Å². The van der Waals surface area contributed by atoms with Crippen molar-refractivity contribution in [2.75, 3.05) is 12.3 Å². The molecule has 0 radical (unpaired) electrons. The van der Waals surface area contributed by atoms with Crippen LogP contribution in [0.3, 0.4) is 0 Å². The Labute approximate surface area is 181 Å². The fourth-order valence-corrected chi connectivity index (χ4v) is 4.93. The largest absolute Gasteiger partial charge is 0.339 e. The number of benzene rings is 1. The molecule has 2 heterocycles. The van der Waals surface area contributed by atoms with Crippen LogP contribution in [0, 0.1) is 0 Å². The van der Waals surface area contributed by atoms with Crippen molar-refractivity contribution in [3.05, 3.63) is 54.9 Å². The van der Waals surface area contributed by atoms with E-state index in [0.717, 1.165) is 36.5 Å². The van der Waals surface area contributed by atoms with Crippen LogP contribution in [0.2, 0.25) is 0 Å². The van der Waals surface area contributed by atoms with Gasteiger partial charge in [-0.3, -0.25) is 14.3 Å². The number of para-hydroxylation sites is 1. The second kappa shape index (κ2) is 9.89. The smallest absolute Gasteiger partial charge is 0.233 e. The highest BCUT2D eigenvalue weighted by Crippen LogP contribution is 2.28. The van der Waals surface area contributed by atoms with E-state index in [2.05, 4.69) is 27.0 Å². The molecule has 156 valence electrons. The summed E-state index contributed by atoms with van der Waals surface area (Å²) in [5.74, 6) is 1.27. The summed E-state index contributed by atoms with van der Waals surface area (Å²) in [5, 5.41) is 9.55. The highest BCUT2D eigenvalue weighted by molar-refractivity contribution is 7.99. The van der Waals surface area contributed by atoms with Crippen molar-refractivity contribution in [3.63, 3.8) is 0 Å². The summed E-state index contributed by atoms with van der Waals surface area (Å²) < 4.78 is 2.01. The highest BCUT2D eigenvalue weighted by atomic mass is 32.2. The standard InChI is InChI=1S/C23H27N5OS/c1-2-27(19-11-5-3-6-12-19)21(29)17-30-23-26-25-22(18-10-9-15-24-16-18)28(23)20-13-7-4-8-14-20/h4,7-10,13-16,19H,2-3,5-6,11-12,17H2,1H3. The number of pyridine rings is 1. The van der Waals surface area contributed by atoms with Crippen LogP contribution in [0.4, 0.5) is 0 Å². The summed E-state index contributed by atoms with van der Waals surface area (Å²) in [5.41, 5.74) is 1.86. The van der Waals surface area contributed by atoms with Crippen molar-refractivity contribution in [2.45, 2.75) is 50.2 Å². The van der Waals surface area contributed by atoms with Crippen molar-refractivity contribution >= 4 is 17.7 Å². The molecule has 7 heteroatoms. The fourth-order valence-electron chi connectivity index (χ4n) is 4.10. The predicted octanol–water partition coefficient (Wildman–Crippen LogP) is 4.60. The van der Waals surface area contributed by atoms with Gasteiger partial charge in [-0.2, -0.15) is 0 Å². The van der Waals surface area contributed by atoms with Crippen molar-refractivity contribution in [1.29, 1.82) is 0 Å². The summed E-state index contributed by atoms with van der Waals surface area (Å²) in [6.45, 7) is 2.83. The molecule has 0 unspecified atom stereocenters. The lowest BCUT2D eigenvalue weighted by Crippen LogP contribution is -2.42. The molecule has 0 aliphatic heterocycles. The van der Waals surface area contributed by atoms with Crippen LogP contribution >= 0.6 is 11.8 Å². The predicted molar refractivity (Wildman–Crippen MR) is 120 cm³/mol. The molecule has 1 aliphatic rings. The molecular formula is C23H27N5OS. The lowest BCUT2D eigenvalue weighted by Gasteiger charge is -2.33. The Hall–Kier alpha value is -2.67. The number of rotatable bonds is 7. The monoisotopic (exact) mass is 421 g/mol. The molecule has 0 atom stereocenters. The Balaban J connectivity index is 1.57. The van der Waals surface area contributed by atoms with E-state index >= 15 is 0 Å². The fraction of sp³-hybridized carbons (Fsp3) is 0.391. The van der Waals surface area contributed by atoms with Crippen molar-refractivity contribution in [3.8, 4) is 17.1 Å². The molecule has 1 fully saturated rings. The Bertz CT molecular complexity index is 954. The van der Waals surface area contributed by atoms with E-state index in [-0.39, 0.29) is 5.91 Å². The molecule has 0 N–H and O–H groups in total. The van der Waals surface area contributed by atoms with Crippen molar-refractivity contribution in [1.82, 2.24) is 24.6 Å². The first-order chi connectivity index (χ1) is 14.8. The van der Waals surface area contributed by atoms with Gasteiger partial charge in [0.1, 0.15) is 0 Å². The Morgan fingerprint density at radius 1 is 1.10 bits per heavy atom. The van der Waals surface area contributed by atoms with Crippen LogP contribution in [0.15, 0.2) is 60.0 Å². The quantitative estimate of drug-likeness (QED) is 0.522. The molecule has 0 spiro atoms. The van der Waals surface area contributed by atoms with Crippen molar-refractivity contribution in [2.24, 2.45) is 0 Å². The molecule has 2 aromatic heterocycles. The molecule has 1 amide bonds. The third kappa shape index (κ3) is 4.56. The van der Waals surface area contributed by atoms with Crippen LogP contribution in [0.1, 0.15) is 39.0 Å². The molecule has 4 rings (SSSR count). The maximum Gasteiger partial charge on any atom is 0.233 e. The molecule has 1 aliphatic carbocycles. The molecule has 6 nitrogen and oxygen atoms in total. The maximum absolute atomic E-state index is 13.0. The minimum atomic E-state index is 0.180. The zero-order chi connectivity index (χ0) is 20.8. The molecule has 1 aromatic carbocycles. The van der Waals surface area contributed by atoms with Gasteiger partial charge in [-0.1, -0.05) is 49.2 Å². The molecule has 0 bridgehead atoms. The summed E-state index contributed by atoms with van der Waals surface area (Å²) in [7, 11) is 0. The van der Waals surface area contributed by atoms with E-state index in [9.17, 15) is 4.79 Å². The number of amides is 1. The average Bonchev–Trinajstić information content (AvgIpc) is 3.24. The van der Waals surface area contributed by atoms with Crippen LogP contribution in [0.25, 0.3) is 17.1 Å². The SMILES string of the molecule is CCN(C(=O)CSc1nnc(-c2cccnc2)n1-c1ccccc1)C1CCCCC1. The van der Waals surface area contributed by atoms with Crippen LogP contribution in [0.5, 0.6) is 0 Å². The molecule has 0 saturated heterocycles.